The summed E-state index contributed by atoms with van der Waals surface area (Å²) in [4.78, 5) is 57.4. The Balaban J connectivity index is 1.71. The van der Waals surface area contributed by atoms with Crippen LogP contribution in [0.15, 0.2) is 104 Å². The minimum Gasteiger partial charge on any atom is -0.481 e. The van der Waals surface area contributed by atoms with Gasteiger partial charge >= 0.3 is 11.9 Å². The average Bonchev–Trinajstić information content (AvgIpc) is 3.59. The van der Waals surface area contributed by atoms with Crippen LogP contribution in [0.4, 0.5) is 0 Å². The Labute approximate surface area is 250 Å². The van der Waals surface area contributed by atoms with Crippen LogP contribution < -0.4 is 10.6 Å². The molecule has 0 aromatic carbocycles. The van der Waals surface area contributed by atoms with Crippen LogP contribution in [-0.2, 0) is 19.2 Å². The van der Waals surface area contributed by atoms with Crippen molar-refractivity contribution < 1.29 is 29.4 Å². The zero-order valence-electron chi connectivity index (χ0n) is 24.8. The molecule has 4 N–H and O–H groups in total. The van der Waals surface area contributed by atoms with Gasteiger partial charge in [0.2, 0.25) is 0 Å². The zero-order chi connectivity index (χ0) is 31.6. The van der Waals surface area contributed by atoms with Crippen molar-refractivity contribution in [1.29, 1.82) is 0 Å². The van der Waals surface area contributed by atoms with Crippen molar-refractivity contribution in [3.8, 4) is 0 Å². The lowest BCUT2D eigenvalue weighted by molar-refractivity contribution is -0.138. The highest BCUT2D eigenvalue weighted by atomic mass is 16.4. The van der Waals surface area contributed by atoms with Crippen molar-refractivity contribution in [2.75, 3.05) is 0 Å². The SMILES string of the molecule is C=CC1=C(C)/C(=C/C2=C(C)C(CCC(=O)O)C(CC3=NC(/C=C4\NC(=O)C(C)=C4C=C)=C(C)C3CCC(=O)O)=N2)NC1=O. The summed E-state index contributed by atoms with van der Waals surface area (Å²) in [6.07, 6.45) is 7.58. The number of nitrogens with one attached hydrogen (secondary N) is 2. The van der Waals surface area contributed by atoms with Gasteiger partial charge in [0.25, 0.3) is 11.8 Å². The fourth-order valence-electron chi connectivity index (χ4n) is 5.85. The first-order valence-corrected chi connectivity index (χ1v) is 14.1. The highest BCUT2D eigenvalue weighted by Crippen LogP contribution is 2.38. The van der Waals surface area contributed by atoms with E-state index < -0.39 is 11.9 Å². The number of rotatable bonds is 12. The lowest BCUT2D eigenvalue weighted by Crippen LogP contribution is -2.22. The van der Waals surface area contributed by atoms with Crippen molar-refractivity contribution in [2.45, 2.75) is 59.8 Å². The number of aliphatic imine (C=N–C) groups is 2. The van der Waals surface area contributed by atoms with E-state index in [-0.39, 0.29) is 36.5 Å². The molecule has 2 amide bonds. The first kappa shape index (κ1) is 31.1. The van der Waals surface area contributed by atoms with Crippen LogP contribution in [-0.4, -0.2) is 45.4 Å². The Bertz CT molecular complexity index is 1610. The van der Waals surface area contributed by atoms with Crippen molar-refractivity contribution in [1.82, 2.24) is 10.6 Å². The van der Waals surface area contributed by atoms with E-state index in [1.807, 2.05) is 20.8 Å². The van der Waals surface area contributed by atoms with Crippen molar-refractivity contribution in [3.05, 3.63) is 93.7 Å². The summed E-state index contributed by atoms with van der Waals surface area (Å²) in [5.41, 5.74) is 8.18. The van der Waals surface area contributed by atoms with Gasteiger partial charge in [-0.1, -0.05) is 25.3 Å². The van der Waals surface area contributed by atoms with E-state index in [4.69, 9.17) is 9.98 Å². The number of hydrogen-bond acceptors (Lipinski definition) is 6. The number of carbonyl (C=O) groups excluding carboxylic acids is 2. The maximum Gasteiger partial charge on any atom is 0.303 e. The molecule has 2 unspecified atom stereocenters. The molecule has 224 valence electrons. The second-order valence-corrected chi connectivity index (χ2v) is 11.0. The first-order chi connectivity index (χ1) is 20.4. The molecule has 4 aliphatic rings. The molecule has 0 spiro atoms. The summed E-state index contributed by atoms with van der Waals surface area (Å²) >= 11 is 0. The number of aliphatic carboxylic acids is 2. The Hall–Kier alpha value is -4.86. The predicted octanol–water partition coefficient (Wildman–Crippen LogP) is 4.83. The quantitative estimate of drug-likeness (QED) is 0.257. The van der Waals surface area contributed by atoms with Gasteiger partial charge in [0, 0.05) is 64.9 Å². The molecule has 4 aliphatic heterocycles. The molecule has 0 aliphatic carbocycles. The molecular weight excluding hydrogens is 548 g/mol. The first-order valence-electron chi connectivity index (χ1n) is 14.1. The molecule has 43 heavy (non-hydrogen) atoms. The molecular formula is C33H36N4O6. The number of carboxylic acid groups (broad SMARTS) is 2. The van der Waals surface area contributed by atoms with Gasteiger partial charge in [-0.25, -0.2) is 0 Å². The molecule has 0 aromatic heterocycles. The maximum atomic E-state index is 12.3. The fraction of sp³-hybridized carbons (Fsp3) is 0.333. The van der Waals surface area contributed by atoms with E-state index in [2.05, 4.69) is 23.8 Å². The standard InChI is InChI=1S/C33H36N4O6/c1-7-20-19(6)32(42)37-27(20)14-25-18(5)23(10-12-31(40)41)29(35-25)15-28-22(9-11-30(38)39)17(4)24(34-28)13-26-16(3)21(8-2)33(43)36-26/h7-8,13-14,22-23H,1-2,9-12,15H2,3-6H3,(H,36,43)(H,37,42)(H,38,39)(H,40,41)/b26-13-,27-14-. The van der Waals surface area contributed by atoms with Gasteiger partial charge < -0.3 is 20.8 Å². The number of hydrogen-bond donors (Lipinski definition) is 4. The molecule has 0 saturated carbocycles. The third-order valence-electron chi connectivity index (χ3n) is 8.40. The number of allylic oxidation sites excluding steroid dienone is 6. The van der Waals surface area contributed by atoms with E-state index in [9.17, 15) is 29.4 Å². The predicted molar refractivity (Wildman–Crippen MR) is 164 cm³/mol. The molecule has 10 nitrogen and oxygen atoms in total. The van der Waals surface area contributed by atoms with Crippen LogP contribution in [0.3, 0.4) is 0 Å². The van der Waals surface area contributed by atoms with Gasteiger partial charge in [-0.3, -0.25) is 29.2 Å². The molecule has 10 heteroatoms. The van der Waals surface area contributed by atoms with E-state index in [0.29, 0.717) is 58.8 Å². The third kappa shape index (κ3) is 6.33. The molecule has 0 radical (unpaired) electrons. The number of carboxylic acids is 2. The van der Waals surface area contributed by atoms with Gasteiger partial charge in [-0.15, -0.1) is 0 Å². The zero-order valence-corrected chi connectivity index (χ0v) is 24.8. The third-order valence-corrected chi connectivity index (χ3v) is 8.40. The lowest BCUT2D eigenvalue weighted by atomic mass is 9.84. The molecule has 0 aromatic rings. The van der Waals surface area contributed by atoms with Gasteiger partial charge in [0.15, 0.2) is 0 Å². The van der Waals surface area contributed by atoms with Crippen LogP contribution >= 0.6 is 0 Å². The van der Waals surface area contributed by atoms with Crippen LogP contribution in [0.25, 0.3) is 0 Å². The second-order valence-electron chi connectivity index (χ2n) is 11.0. The summed E-state index contributed by atoms with van der Waals surface area (Å²) in [5.74, 6) is -2.81. The average molecular weight is 585 g/mol. The molecule has 0 saturated heterocycles. The molecule has 4 heterocycles. The second kappa shape index (κ2) is 12.6. The van der Waals surface area contributed by atoms with Crippen LogP contribution in [0.1, 0.15) is 59.8 Å². The summed E-state index contributed by atoms with van der Waals surface area (Å²) in [6.45, 7) is 14.9. The van der Waals surface area contributed by atoms with E-state index >= 15 is 0 Å². The topological polar surface area (TPSA) is 158 Å². The van der Waals surface area contributed by atoms with Crippen molar-refractivity contribution >= 4 is 35.2 Å². The Kier molecular flexibility index (Phi) is 9.08. The minimum absolute atomic E-state index is 0.0551. The summed E-state index contributed by atoms with van der Waals surface area (Å²) in [7, 11) is 0. The van der Waals surface area contributed by atoms with Crippen LogP contribution in [0, 0.1) is 11.8 Å². The largest absolute Gasteiger partial charge is 0.481 e. The Morgan fingerprint density at radius 1 is 0.744 bits per heavy atom. The fourth-order valence-corrected chi connectivity index (χ4v) is 5.85. The van der Waals surface area contributed by atoms with E-state index in [1.54, 1.807) is 25.2 Å². The molecule has 0 bridgehead atoms. The van der Waals surface area contributed by atoms with Crippen LogP contribution in [0.5, 0.6) is 0 Å². The number of amides is 2. The Morgan fingerprint density at radius 3 is 1.65 bits per heavy atom. The van der Waals surface area contributed by atoms with Gasteiger partial charge in [0.1, 0.15) is 0 Å². The van der Waals surface area contributed by atoms with Crippen molar-refractivity contribution in [2.24, 2.45) is 21.8 Å². The summed E-state index contributed by atoms with van der Waals surface area (Å²) in [6, 6.07) is 0. The van der Waals surface area contributed by atoms with E-state index in [1.165, 1.54) is 6.08 Å². The number of nitrogens with zero attached hydrogens (tertiary/aromatic N) is 2. The van der Waals surface area contributed by atoms with Gasteiger partial charge in [-0.05, 0) is 69.4 Å². The molecule has 2 atom stereocenters. The highest BCUT2D eigenvalue weighted by Gasteiger charge is 2.34. The summed E-state index contributed by atoms with van der Waals surface area (Å²) in [5, 5.41) is 24.6. The van der Waals surface area contributed by atoms with Gasteiger partial charge in [-0.2, -0.15) is 0 Å². The molecule has 0 fully saturated rings. The van der Waals surface area contributed by atoms with Crippen molar-refractivity contribution in [3.63, 3.8) is 0 Å². The smallest absolute Gasteiger partial charge is 0.303 e. The summed E-state index contributed by atoms with van der Waals surface area (Å²) < 4.78 is 0. The highest BCUT2D eigenvalue weighted by molar-refractivity contribution is 6.11. The Morgan fingerprint density at radius 2 is 1.21 bits per heavy atom. The monoisotopic (exact) mass is 584 g/mol. The van der Waals surface area contributed by atoms with Crippen LogP contribution in [0.2, 0.25) is 0 Å². The number of carbonyl (C=O) groups is 4. The maximum absolute atomic E-state index is 12.3. The van der Waals surface area contributed by atoms with Gasteiger partial charge in [0.05, 0.1) is 17.1 Å². The van der Waals surface area contributed by atoms with E-state index in [0.717, 1.165) is 28.1 Å². The molecule has 4 rings (SSSR count). The minimum atomic E-state index is -0.917. The normalized spacial score (nSPS) is 23.9. The lowest BCUT2D eigenvalue weighted by Gasteiger charge is -2.18.